The minimum atomic E-state index is -0.493. The molecule has 0 saturated carbocycles. The van der Waals surface area contributed by atoms with Crippen molar-refractivity contribution in [2.75, 3.05) is 14.1 Å². The molecule has 1 amide bonds. The molecule has 0 spiro atoms. The maximum absolute atomic E-state index is 12.6. The fourth-order valence-electron chi connectivity index (χ4n) is 2.18. The van der Waals surface area contributed by atoms with Crippen LogP contribution in [-0.4, -0.2) is 25.1 Å². The van der Waals surface area contributed by atoms with Gasteiger partial charge in [0.2, 0.25) is 0 Å². The van der Waals surface area contributed by atoms with Crippen LogP contribution in [0.15, 0.2) is 64.0 Å². The molecule has 5 nitrogen and oxygen atoms in total. The highest BCUT2D eigenvalue weighted by molar-refractivity contribution is 5.83. The Labute approximate surface area is 132 Å². The first kappa shape index (κ1) is 14.8. The van der Waals surface area contributed by atoms with Crippen LogP contribution in [0.3, 0.4) is 0 Å². The first-order valence-electron chi connectivity index (χ1n) is 7.06. The van der Waals surface area contributed by atoms with Crippen molar-refractivity contribution in [3.05, 3.63) is 65.0 Å². The number of ether oxygens (including phenoxy) is 1. The number of hydrogen-bond donors (Lipinski definition) is 0. The summed E-state index contributed by atoms with van der Waals surface area (Å²) in [4.78, 5) is 25.5. The average molecular weight is 309 g/mol. The van der Waals surface area contributed by atoms with Crippen molar-refractivity contribution in [3.8, 4) is 16.9 Å². The third kappa shape index (κ3) is 2.94. The lowest BCUT2D eigenvalue weighted by Gasteiger charge is -2.11. The number of nitrogens with zero attached hydrogens (tertiary/aromatic N) is 1. The molecule has 0 aliphatic carbocycles. The number of carbonyl (C=O) groups is 1. The molecular weight excluding hydrogens is 294 g/mol. The molecule has 116 valence electrons. The Morgan fingerprint density at radius 3 is 2.52 bits per heavy atom. The second kappa shape index (κ2) is 5.96. The van der Waals surface area contributed by atoms with Crippen LogP contribution < -0.4 is 10.2 Å². The lowest BCUT2D eigenvalue weighted by molar-refractivity contribution is 0.172. The molecular formula is C18H15NO4. The van der Waals surface area contributed by atoms with Gasteiger partial charge in [-0.1, -0.05) is 30.3 Å². The van der Waals surface area contributed by atoms with Gasteiger partial charge in [0.1, 0.15) is 17.6 Å². The Hall–Kier alpha value is -3.08. The number of hydrogen-bond acceptors (Lipinski definition) is 4. The number of rotatable bonds is 2. The van der Waals surface area contributed by atoms with Gasteiger partial charge in [-0.3, -0.25) is 4.79 Å². The van der Waals surface area contributed by atoms with E-state index in [-0.39, 0.29) is 5.43 Å². The van der Waals surface area contributed by atoms with Gasteiger partial charge in [-0.2, -0.15) is 0 Å². The topological polar surface area (TPSA) is 59.8 Å². The van der Waals surface area contributed by atoms with Gasteiger partial charge in [0.25, 0.3) is 0 Å². The lowest BCUT2D eigenvalue weighted by Crippen LogP contribution is -2.25. The first-order valence-corrected chi connectivity index (χ1v) is 7.06. The molecule has 5 heteroatoms. The number of carbonyl (C=O) groups excluding carboxylic acids is 1. The van der Waals surface area contributed by atoms with Crippen LogP contribution in [0.5, 0.6) is 5.75 Å². The van der Waals surface area contributed by atoms with E-state index in [9.17, 15) is 9.59 Å². The summed E-state index contributed by atoms with van der Waals surface area (Å²) in [6.45, 7) is 0. The summed E-state index contributed by atoms with van der Waals surface area (Å²) >= 11 is 0. The predicted octanol–water partition coefficient (Wildman–Crippen LogP) is 3.52. The van der Waals surface area contributed by atoms with Crippen molar-refractivity contribution in [1.29, 1.82) is 0 Å². The summed E-state index contributed by atoms with van der Waals surface area (Å²) in [5, 5.41) is 0.441. The Morgan fingerprint density at radius 1 is 1.09 bits per heavy atom. The van der Waals surface area contributed by atoms with E-state index in [0.717, 1.165) is 5.56 Å². The van der Waals surface area contributed by atoms with Crippen molar-refractivity contribution in [2.45, 2.75) is 0 Å². The monoisotopic (exact) mass is 309 g/mol. The van der Waals surface area contributed by atoms with Crippen LogP contribution in [-0.2, 0) is 0 Å². The molecule has 0 aliphatic heterocycles. The highest BCUT2D eigenvalue weighted by Crippen LogP contribution is 2.23. The molecule has 23 heavy (non-hydrogen) atoms. The third-order valence-corrected chi connectivity index (χ3v) is 3.40. The lowest BCUT2D eigenvalue weighted by atomic mass is 10.1. The zero-order chi connectivity index (χ0) is 16.4. The molecule has 3 rings (SSSR count). The molecule has 2 aromatic carbocycles. The molecule has 3 aromatic rings. The summed E-state index contributed by atoms with van der Waals surface area (Å²) < 4.78 is 10.7. The standard InChI is InChI=1S/C18H15NO4/c1-19(2)18(21)23-13-8-9-14-16(10-13)22-11-15(17(14)20)12-6-4-3-5-7-12/h3-11H,1-2H3. The van der Waals surface area contributed by atoms with Gasteiger partial charge >= 0.3 is 6.09 Å². The zero-order valence-electron chi connectivity index (χ0n) is 12.8. The normalized spacial score (nSPS) is 10.5. The summed E-state index contributed by atoms with van der Waals surface area (Å²) in [5.74, 6) is 0.326. The van der Waals surface area contributed by atoms with Crippen molar-refractivity contribution < 1.29 is 13.9 Å². The minimum absolute atomic E-state index is 0.122. The maximum atomic E-state index is 12.6. The minimum Gasteiger partial charge on any atom is -0.463 e. The molecule has 0 saturated heterocycles. The van der Waals surface area contributed by atoms with Crippen LogP contribution in [0.25, 0.3) is 22.1 Å². The molecule has 1 heterocycles. The molecule has 1 aromatic heterocycles. The number of amides is 1. The summed E-state index contributed by atoms with van der Waals surface area (Å²) in [6, 6.07) is 14.0. The third-order valence-electron chi connectivity index (χ3n) is 3.40. The zero-order valence-corrected chi connectivity index (χ0v) is 12.8. The van der Waals surface area contributed by atoms with E-state index in [4.69, 9.17) is 9.15 Å². The summed E-state index contributed by atoms with van der Waals surface area (Å²) in [5.41, 5.74) is 1.55. The van der Waals surface area contributed by atoms with Crippen LogP contribution in [0.1, 0.15) is 0 Å². The van der Waals surface area contributed by atoms with E-state index >= 15 is 0 Å². The molecule has 0 radical (unpaired) electrons. The molecule has 0 bridgehead atoms. The van der Waals surface area contributed by atoms with Gasteiger partial charge in [0, 0.05) is 20.2 Å². The largest absolute Gasteiger partial charge is 0.463 e. The Kier molecular flexibility index (Phi) is 3.85. The van der Waals surface area contributed by atoms with E-state index in [1.54, 1.807) is 26.2 Å². The van der Waals surface area contributed by atoms with E-state index in [1.165, 1.54) is 17.2 Å². The van der Waals surface area contributed by atoms with Gasteiger partial charge in [-0.25, -0.2) is 4.79 Å². The molecule has 0 atom stereocenters. The second-order valence-corrected chi connectivity index (χ2v) is 5.26. The predicted molar refractivity (Wildman–Crippen MR) is 87.6 cm³/mol. The fourth-order valence-corrected chi connectivity index (χ4v) is 2.18. The Bertz CT molecular complexity index is 913. The number of benzene rings is 2. The summed E-state index contributed by atoms with van der Waals surface area (Å²) in [7, 11) is 3.19. The van der Waals surface area contributed by atoms with Crippen LogP contribution in [0.4, 0.5) is 4.79 Å². The smallest absolute Gasteiger partial charge is 0.414 e. The van der Waals surface area contributed by atoms with Crippen molar-refractivity contribution in [2.24, 2.45) is 0 Å². The molecule has 0 fully saturated rings. The maximum Gasteiger partial charge on any atom is 0.414 e. The van der Waals surface area contributed by atoms with Gasteiger partial charge in [-0.05, 0) is 17.7 Å². The SMILES string of the molecule is CN(C)C(=O)Oc1ccc2c(=O)c(-c3ccccc3)coc2c1. The van der Waals surface area contributed by atoms with Crippen molar-refractivity contribution in [3.63, 3.8) is 0 Å². The summed E-state index contributed by atoms with van der Waals surface area (Å²) in [6.07, 6.45) is 0.935. The van der Waals surface area contributed by atoms with Gasteiger partial charge in [-0.15, -0.1) is 0 Å². The molecule has 0 N–H and O–H groups in total. The van der Waals surface area contributed by atoms with Crippen molar-refractivity contribution >= 4 is 17.1 Å². The first-order chi connectivity index (χ1) is 11.1. The van der Waals surface area contributed by atoms with Gasteiger partial charge in [0.05, 0.1) is 10.9 Å². The fraction of sp³-hybridized carbons (Fsp3) is 0.111. The van der Waals surface area contributed by atoms with E-state index in [1.807, 2.05) is 30.3 Å². The molecule has 0 aliphatic rings. The van der Waals surface area contributed by atoms with Crippen molar-refractivity contribution in [1.82, 2.24) is 4.90 Å². The van der Waals surface area contributed by atoms with E-state index < -0.39 is 6.09 Å². The number of fused-ring (bicyclic) bond motifs is 1. The average Bonchev–Trinajstić information content (AvgIpc) is 2.56. The quantitative estimate of drug-likeness (QED) is 0.726. The van der Waals surface area contributed by atoms with E-state index in [2.05, 4.69) is 0 Å². The van der Waals surface area contributed by atoms with Crippen LogP contribution in [0.2, 0.25) is 0 Å². The van der Waals surface area contributed by atoms with Gasteiger partial charge < -0.3 is 14.1 Å². The van der Waals surface area contributed by atoms with Crippen LogP contribution in [0, 0.1) is 0 Å². The highest BCUT2D eigenvalue weighted by atomic mass is 16.6. The van der Waals surface area contributed by atoms with Crippen LogP contribution >= 0.6 is 0 Å². The Balaban J connectivity index is 2.04. The Morgan fingerprint density at radius 2 is 1.83 bits per heavy atom. The second-order valence-electron chi connectivity index (χ2n) is 5.26. The molecule has 0 unspecified atom stereocenters. The highest BCUT2D eigenvalue weighted by Gasteiger charge is 2.12. The van der Waals surface area contributed by atoms with E-state index in [0.29, 0.717) is 22.3 Å². The van der Waals surface area contributed by atoms with Gasteiger partial charge in [0.15, 0.2) is 5.43 Å².